The van der Waals surface area contributed by atoms with Gasteiger partial charge in [-0.25, -0.2) is 4.79 Å². The fourth-order valence-electron chi connectivity index (χ4n) is 1.86. The molecule has 0 saturated heterocycles. The van der Waals surface area contributed by atoms with Gasteiger partial charge in [-0.1, -0.05) is 0 Å². The lowest BCUT2D eigenvalue weighted by molar-refractivity contribution is -0.144. The van der Waals surface area contributed by atoms with E-state index in [1.807, 2.05) is 0 Å². The number of carbonyl (C=O) groups excluding carboxylic acids is 2. The summed E-state index contributed by atoms with van der Waals surface area (Å²) < 4.78 is 4.45. The minimum Gasteiger partial charge on any atom is -0.480 e. The fraction of sp³-hybridized carbons (Fsp3) is 0.538. The highest BCUT2D eigenvalue weighted by Gasteiger charge is 2.22. The number of ether oxygens (including phenoxy) is 1. The van der Waals surface area contributed by atoms with Crippen molar-refractivity contribution in [2.45, 2.75) is 39.2 Å². The molecule has 0 aromatic carbocycles. The Balaban J connectivity index is 2.61. The molecule has 1 heterocycles. The van der Waals surface area contributed by atoms with Gasteiger partial charge in [0.15, 0.2) is 0 Å². The molecule has 0 aliphatic carbocycles. The number of carbonyl (C=O) groups is 3. The predicted octanol–water partition coefficient (Wildman–Crippen LogP) is 0.0916. The maximum atomic E-state index is 11.9. The number of hydrogen-bond acceptors (Lipinski definition) is 5. The molecule has 0 bridgehead atoms. The molecule has 1 unspecified atom stereocenters. The highest BCUT2D eigenvalue weighted by molar-refractivity contribution is 5.85. The lowest BCUT2D eigenvalue weighted by Gasteiger charge is -2.14. The molecular formula is C13H19N3O5. The van der Waals surface area contributed by atoms with Gasteiger partial charge in [-0.15, -0.1) is 0 Å². The van der Waals surface area contributed by atoms with Crippen molar-refractivity contribution in [3.8, 4) is 0 Å². The Bertz CT molecular complexity index is 518. The molecule has 1 atom stereocenters. The summed E-state index contributed by atoms with van der Waals surface area (Å²) in [6, 6.07) is -1.12. The van der Waals surface area contributed by atoms with Crippen molar-refractivity contribution in [3.63, 3.8) is 0 Å². The predicted molar refractivity (Wildman–Crippen MR) is 72.6 cm³/mol. The molecule has 21 heavy (non-hydrogen) atoms. The number of rotatable bonds is 7. The van der Waals surface area contributed by atoms with Crippen molar-refractivity contribution in [1.29, 1.82) is 0 Å². The molecule has 3 N–H and O–H groups in total. The number of amides is 1. The smallest absolute Gasteiger partial charge is 0.326 e. The van der Waals surface area contributed by atoms with E-state index in [-0.39, 0.29) is 19.3 Å². The van der Waals surface area contributed by atoms with Crippen molar-refractivity contribution in [2.24, 2.45) is 0 Å². The second-order valence-corrected chi connectivity index (χ2v) is 4.66. The minimum absolute atomic E-state index is 0.0168. The molecule has 116 valence electrons. The number of nitrogens with zero attached hydrogens (tertiary/aromatic N) is 1. The topological polar surface area (TPSA) is 121 Å². The van der Waals surface area contributed by atoms with E-state index in [4.69, 9.17) is 5.11 Å². The number of H-pyrrole nitrogens is 1. The average Bonchev–Trinajstić information content (AvgIpc) is 2.74. The van der Waals surface area contributed by atoms with Crippen LogP contribution in [0.3, 0.4) is 0 Å². The summed E-state index contributed by atoms with van der Waals surface area (Å²) in [5.41, 5.74) is 2.21. The highest BCUT2D eigenvalue weighted by Crippen LogP contribution is 2.10. The third-order valence-electron chi connectivity index (χ3n) is 3.12. The molecule has 0 aliphatic rings. The number of aryl methyl sites for hydroxylation is 2. The Labute approximate surface area is 121 Å². The van der Waals surface area contributed by atoms with E-state index < -0.39 is 23.9 Å². The number of carboxylic acid groups (broad SMARTS) is 1. The Morgan fingerprint density at radius 1 is 1.38 bits per heavy atom. The fourth-order valence-corrected chi connectivity index (χ4v) is 1.86. The van der Waals surface area contributed by atoms with Crippen molar-refractivity contribution >= 4 is 17.8 Å². The molecule has 8 heteroatoms. The molecule has 1 aromatic heterocycles. The number of esters is 1. The number of carboxylic acids is 1. The van der Waals surface area contributed by atoms with Crippen molar-refractivity contribution in [2.75, 3.05) is 7.11 Å². The van der Waals surface area contributed by atoms with E-state index in [1.165, 1.54) is 7.11 Å². The van der Waals surface area contributed by atoms with E-state index in [9.17, 15) is 14.4 Å². The minimum atomic E-state index is -1.19. The average molecular weight is 297 g/mol. The summed E-state index contributed by atoms with van der Waals surface area (Å²) >= 11 is 0. The molecule has 0 aliphatic heterocycles. The Kier molecular flexibility index (Phi) is 5.89. The summed E-state index contributed by atoms with van der Waals surface area (Å²) in [6.07, 6.45) is -0.0508. The first-order chi connectivity index (χ1) is 9.85. The zero-order valence-corrected chi connectivity index (χ0v) is 12.2. The van der Waals surface area contributed by atoms with E-state index in [0.29, 0.717) is 5.69 Å². The van der Waals surface area contributed by atoms with Crippen LogP contribution in [-0.4, -0.2) is 46.3 Å². The van der Waals surface area contributed by atoms with Gasteiger partial charge in [0.05, 0.1) is 19.2 Å². The molecule has 0 radical (unpaired) electrons. The van der Waals surface area contributed by atoms with Crippen LogP contribution in [0.1, 0.15) is 29.8 Å². The quantitative estimate of drug-likeness (QED) is 0.613. The van der Waals surface area contributed by atoms with Crippen LogP contribution in [0.15, 0.2) is 0 Å². The first-order valence-electron chi connectivity index (χ1n) is 6.44. The third kappa shape index (κ3) is 4.90. The number of aliphatic carboxylic acids is 1. The summed E-state index contributed by atoms with van der Waals surface area (Å²) in [5.74, 6) is -2.13. The number of hydrogen-bond donors (Lipinski definition) is 3. The zero-order valence-electron chi connectivity index (χ0n) is 12.2. The molecule has 1 rings (SSSR count). The second kappa shape index (κ2) is 7.41. The van der Waals surface area contributed by atoms with E-state index in [1.54, 1.807) is 13.8 Å². The van der Waals surface area contributed by atoms with E-state index >= 15 is 0 Å². The van der Waals surface area contributed by atoms with Gasteiger partial charge in [0.2, 0.25) is 5.91 Å². The molecule has 1 amide bonds. The summed E-state index contributed by atoms with van der Waals surface area (Å²) in [6.45, 7) is 3.55. The van der Waals surface area contributed by atoms with Gasteiger partial charge >= 0.3 is 11.9 Å². The number of aromatic amines is 1. The second-order valence-electron chi connectivity index (χ2n) is 4.66. The largest absolute Gasteiger partial charge is 0.480 e. The Morgan fingerprint density at radius 3 is 2.52 bits per heavy atom. The van der Waals surface area contributed by atoms with Crippen molar-refractivity contribution < 1.29 is 24.2 Å². The van der Waals surface area contributed by atoms with Crippen LogP contribution in [0, 0.1) is 13.8 Å². The van der Waals surface area contributed by atoms with E-state index in [2.05, 4.69) is 20.3 Å². The normalized spacial score (nSPS) is 11.8. The first-order valence-corrected chi connectivity index (χ1v) is 6.44. The molecule has 0 spiro atoms. The third-order valence-corrected chi connectivity index (χ3v) is 3.12. The molecule has 0 saturated carbocycles. The summed E-state index contributed by atoms with van der Waals surface area (Å²) in [4.78, 5) is 34.0. The maximum absolute atomic E-state index is 11.9. The summed E-state index contributed by atoms with van der Waals surface area (Å²) in [5, 5.41) is 18.2. The van der Waals surface area contributed by atoms with Gasteiger partial charge in [-0.3, -0.25) is 14.7 Å². The van der Waals surface area contributed by atoms with Crippen LogP contribution in [0.4, 0.5) is 0 Å². The number of methoxy groups -OCH3 is 1. The van der Waals surface area contributed by atoms with Crippen LogP contribution >= 0.6 is 0 Å². The maximum Gasteiger partial charge on any atom is 0.326 e. The van der Waals surface area contributed by atoms with Crippen molar-refractivity contribution in [3.05, 3.63) is 17.0 Å². The zero-order chi connectivity index (χ0) is 16.0. The van der Waals surface area contributed by atoms with Crippen LogP contribution in [0.2, 0.25) is 0 Å². The van der Waals surface area contributed by atoms with Gasteiger partial charge in [0, 0.05) is 17.7 Å². The Hall–Kier alpha value is -2.38. The summed E-state index contributed by atoms with van der Waals surface area (Å²) in [7, 11) is 1.22. The first kappa shape index (κ1) is 16.7. The van der Waals surface area contributed by atoms with Crippen molar-refractivity contribution in [1.82, 2.24) is 15.5 Å². The van der Waals surface area contributed by atoms with Gasteiger partial charge in [0.25, 0.3) is 0 Å². The Morgan fingerprint density at radius 2 is 2.05 bits per heavy atom. The molecular weight excluding hydrogens is 278 g/mol. The van der Waals surface area contributed by atoms with Crippen LogP contribution in [0.25, 0.3) is 0 Å². The van der Waals surface area contributed by atoms with Gasteiger partial charge in [0.1, 0.15) is 6.04 Å². The van der Waals surface area contributed by atoms with E-state index in [0.717, 1.165) is 11.3 Å². The molecule has 8 nitrogen and oxygen atoms in total. The molecule has 0 fully saturated rings. The lowest BCUT2D eigenvalue weighted by Crippen LogP contribution is -2.42. The van der Waals surface area contributed by atoms with Gasteiger partial charge in [-0.2, -0.15) is 5.10 Å². The number of nitrogens with one attached hydrogen (secondary N) is 2. The lowest BCUT2D eigenvalue weighted by atomic mass is 10.1. The standard InChI is InChI=1S/C13H19N3O5/c1-7-9(8(2)16-15-7)6-11(17)14-10(13(19)20)4-5-12(18)21-3/h10H,4-6H2,1-3H3,(H,14,17)(H,15,16)(H,19,20). The van der Waals surface area contributed by atoms with Crippen LogP contribution in [0.5, 0.6) is 0 Å². The van der Waals surface area contributed by atoms with Gasteiger partial charge < -0.3 is 15.2 Å². The van der Waals surface area contributed by atoms with Crippen LogP contribution < -0.4 is 5.32 Å². The number of aromatic nitrogens is 2. The monoisotopic (exact) mass is 297 g/mol. The highest BCUT2D eigenvalue weighted by atomic mass is 16.5. The van der Waals surface area contributed by atoms with Gasteiger partial charge in [-0.05, 0) is 20.3 Å². The SMILES string of the molecule is COC(=O)CCC(NC(=O)Cc1c(C)n[nH]c1C)C(=O)O. The van der Waals surface area contributed by atoms with Crippen LogP contribution in [-0.2, 0) is 25.5 Å². The molecule has 1 aromatic rings.